The van der Waals surface area contributed by atoms with E-state index in [1.165, 1.54) is 0 Å². The van der Waals surface area contributed by atoms with Gasteiger partial charge in [-0.1, -0.05) is 6.07 Å². The molecule has 0 saturated heterocycles. The minimum Gasteiger partial charge on any atom is -0.453 e. The van der Waals surface area contributed by atoms with Crippen LogP contribution >= 0.6 is 0 Å². The zero-order chi connectivity index (χ0) is 11.8. The summed E-state index contributed by atoms with van der Waals surface area (Å²) < 4.78 is 10.8. The Morgan fingerprint density at radius 3 is 2.82 bits per heavy atom. The standard InChI is InChI=1S/C13H9NO3/c1-8-14-13-10(3-2-4-12(13)16-8)11-6-5-9(7-15)17-11/h2-7H,1H3. The lowest BCUT2D eigenvalue weighted by Gasteiger charge is -1.96. The van der Waals surface area contributed by atoms with E-state index in [2.05, 4.69) is 4.98 Å². The molecule has 0 bridgehead atoms. The molecule has 4 nitrogen and oxygen atoms in total. The summed E-state index contributed by atoms with van der Waals surface area (Å²) in [6.45, 7) is 1.79. The summed E-state index contributed by atoms with van der Waals surface area (Å²) in [6.07, 6.45) is 0.678. The number of carbonyl (C=O) groups is 1. The fourth-order valence-electron chi connectivity index (χ4n) is 1.82. The monoisotopic (exact) mass is 227 g/mol. The molecule has 1 aromatic carbocycles. The summed E-state index contributed by atoms with van der Waals surface area (Å²) in [5.41, 5.74) is 2.29. The molecule has 0 amide bonds. The van der Waals surface area contributed by atoms with E-state index in [-0.39, 0.29) is 0 Å². The Hall–Kier alpha value is -2.36. The van der Waals surface area contributed by atoms with Crippen molar-refractivity contribution in [2.75, 3.05) is 0 Å². The van der Waals surface area contributed by atoms with Crippen molar-refractivity contribution in [3.8, 4) is 11.3 Å². The Balaban J connectivity index is 2.25. The van der Waals surface area contributed by atoms with Crippen molar-refractivity contribution < 1.29 is 13.6 Å². The smallest absolute Gasteiger partial charge is 0.192 e. The van der Waals surface area contributed by atoms with Crippen molar-refractivity contribution in [1.29, 1.82) is 0 Å². The lowest BCUT2D eigenvalue weighted by atomic mass is 10.1. The molecular weight excluding hydrogens is 218 g/mol. The molecule has 0 aliphatic heterocycles. The van der Waals surface area contributed by atoms with Gasteiger partial charge >= 0.3 is 0 Å². The molecule has 3 aromatic rings. The van der Waals surface area contributed by atoms with Gasteiger partial charge in [0, 0.05) is 12.5 Å². The van der Waals surface area contributed by atoms with Gasteiger partial charge in [0.05, 0.1) is 0 Å². The van der Waals surface area contributed by atoms with Crippen molar-refractivity contribution in [3.05, 3.63) is 42.0 Å². The molecule has 2 aromatic heterocycles. The van der Waals surface area contributed by atoms with Gasteiger partial charge in [0.25, 0.3) is 0 Å². The fraction of sp³-hybridized carbons (Fsp3) is 0.0769. The number of benzene rings is 1. The first-order chi connectivity index (χ1) is 8.28. The first-order valence-corrected chi connectivity index (χ1v) is 5.19. The highest BCUT2D eigenvalue weighted by Crippen LogP contribution is 2.29. The van der Waals surface area contributed by atoms with Crippen LogP contribution in [0.15, 0.2) is 39.2 Å². The highest BCUT2D eigenvalue weighted by molar-refractivity contribution is 5.89. The Labute approximate surface area is 96.9 Å². The maximum atomic E-state index is 10.6. The maximum Gasteiger partial charge on any atom is 0.192 e. The van der Waals surface area contributed by atoms with Crippen LogP contribution in [-0.2, 0) is 0 Å². The summed E-state index contributed by atoms with van der Waals surface area (Å²) in [6, 6.07) is 8.99. The van der Waals surface area contributed by atoms with Gasteiger partial charge in [0.1, 0.15) is 11.3 Å². The van der Waals surface area contributed by atoms with Crippen molar-refractivity contribution in [3.63, 3.8) is 0 Å². The number of hydrogen-bond donors (Lipinski definition) is 0. The number of aldehydes is 1. The number of aromatic nitrogens is 1. The number of carbonyl (C=O) groups excluding carboxylic acids is 1. The number of rotatable bonds is 2. The third-order valence-corrected chi connectivity index (χ3v) is 2.53. The van der Waals surface area contributed by atoms with Gasteiger partial charge in [-0.3, -0.25) is 4.79 Å². The molecule has 0 N–H and O–H groups in total. The van der Waals surface area contributed by atoms with Crippen LogP contribution in [-0.4, -0.2) is 11.3 Å². The van der Waals surface area contributed by atoms with Crippen molar-refractivity contribution in [1.82, 2.24) is 4.98 Å². The Morgan fingerprint density at radius 2 is 2.06 bits per heavy atom. The van der Waals surface area contributed by atoms with E-state index in [9.17, 15) is 4.79 Å². The van der Waals surface area contributed by atoms with Crippen LogP contribution in [0, 0.1) is 6.92 Å². The fourth-order valence-corrected chi connectivity index (χ4v) is 1.82. The van der Waals surface area contributed by atoms with Gasteiger partial charge in [0.15, 0.2) is 23.5 Å². The third kappa shape index (κ3) is 1.54. The van der Waals surface area contributed by atoms with E-state index >= 15 is 0 Å². The molecule has 0 aliphatic rings. The summed E-state index contributed by atoms with van der Waals surface area (Å²) >= 11 is 0. The van der Waals surface area contributed by atoms with Crippen LogP contribution in [0.4, 0.5) is 0 Å². The first kappa shape index (κ1) is 9.84. The molecule has 2 heterocycles. The Bertz CT molecular complexity index is 694. The highest BCUT2D eigenvalue weighted by atomic mass is 16.4. The average molecular weight is 227 g/mol. The number of nitrogens with zero attached hydrogens (tertiary/aromatic N) is 1. The molecular formula is C13H9NO3. The van der Waals surface area contributed by atoms with Crippen LogP contribution < -0.4 is 0 Å². The third-order valence-electron chi connectivity index (χ3n) is 2.53. The highest BCUT2D eigenvalue weighted by Gasteiger charge is 2.12. The SMILES string of the molecule is Cc1nc2c(-c3ccc(C=O)o3)cccc2o1. The minimum absolute atomic E-state index is 0.303. The molecule has 0 aliphatic carbocycles. The second-order valence-electron chi connectivity index (χ2n) is 3.71. The van der Waals surface area contributed by atoms with Gasteiger partial charge in [-0.2, -0.15) is 0 Å². The molecule has 0 fully saturated rings. The van der Waals surface area contributed by atoms with E-state index in [1.54, 1.807) is 19.1 Å². The van der Waals surface area contributed by atoms with Crippen molar-refractivity contribution in [2.45, 2.75) is 6.92 Å². The lowest BCUT2D eigenvalue weighted by Crippen LogP contribution is -1.78. The first-order valence-electron chi connectivity index (χ1n) is 5.19. The molecule has 17 heavy (non-hydrogen) atoms. The predicted molar refractivity (Wildman–Crippen MR) is 61.8 cm³/mol. The normalized spacial score (nSPS) is 10.9. The van der Waals surface area contributed by atoms with Gasteiger partial charge in [0.2, 0.25) is 0 Å². The minimum atomic E-state index is 0.303. The van der Waals surface area contributed by atoms with Crippen LogP contribution in [0.3, 0.4) is 0 Å². The van der Waals surface area contributed by atoms with Gasteiger partial charge in [-0.05, 0) is 24.3 Å². The average Bonchev–Trinajstić information content (AvgIpc) is 2.92. The molecule has 84 valence electrons. The van der Waals surface area contributed by atoms with E-state index in [1.807, 2.05) is 18.2 Å². The number of para-hydroxylation sites is 1. The largest absolute Gasteiger partial charge is 0.453 e. The second-order valence-corrected chi connectivity index (χ2v) is 3.71. The van der Waals surface area contributed by atoms with Crippen LogP contribution in [0.25, 0.3) is 22.4 Å². The van der Waals surface area contributed by atoms with Gasteiger partial charge < -0.3 is 8.83 Å². The molecule has 0 atom stereocenters. The topological polar surface area (TPSA) is 56.2 Å². The number of oxazole rings is 1. The number of hydrogen-bond acceptors (Lipinski definition) is 4. The molecule has 0 saturated carbocycles. The van der Waals surface area contributed by atoms with Gasteiger partial charge in [-0.25, -0.2) is 4.98 Å². The molecule has 0 radical (unpaired) electrons. The van der Waals surface area contributed by atoms with Crippen LogP contribution in [0.1, 0.15) is 16.4 Å². The van der Waals surface area contributed by atoms with Gasteiger partial charge in [-0.15, -0.1) is 0 Å². The van der Waals surface area contributed by atoms with Crippen LogP contribution in [0.2, 0.25) is 0 Å². The Morgan fingerprint density at radius 1 is 1.18 bits per heavy atom. The zero-order valence-electron chi connectivity index (χ0n) is 9.14. The lowest BCUT2D eigenvalue weighted by molar-refractivity contribution is 0.110. The molecule has 4 heteroatoms. The zero-order valence-corrected chi connectivity index (χ0v) is 9.14. The summed E-state index contributed by atoms with van der Waals surface area (Å²) in [5.74, 6) is 1.53. The van der Waals surface area contributed by atoms with Crippen molar-refractivity contribution in [2.24, 2.45) is 0 Å². The van der Waals surface area contributed by atoms with E-state index in [4.69, 9.17) is 8.83 Å². The number of fused-ring (bicyclic) bond motifs is 1. The van der Waals surface area contributed by atoms with E-state index in [0.29, 0.717) is 29.3 Å². The number of aryl methyl sites for hydroxylation is 1. The van der Waals surface area contributed by atoms with Crippen molar-refractivity contribution >= 4 is 17.4 Å². The molecule has 0 unspecified atom stereocenters. The molecule has 0 spiro atoms. The van der Waals surface area contributed by atoms with E-state index < -0.39 is 0 Å². The van der Waals surface area contributed by atoms with E-state index in [0.717, 1.165) is 11.1 Å². The summed E-state index contributed by atoms with van der Waals surface area (Å²) in [7, 11) is 0. The quantitative estimate of drug-likeness (QED) is 0.631. The maximum absolute atomic E-state index is 10.6. The summed E-state index contributed by atoms with van der Waals surface area (Å²) in [5, 5.41) is 0. The summed E-state index contributed by atoms with van der Waals surface area (Å²) in [4.78, 5) is 14.9. The second kappa shape index (κ2) is 3.59. The number of furan rings is 1. The van der Waals surface area contributed by atoms with Crippen LogP contribution in [0.5, 0.6) is 0 Å². The Kier molecular flexibility index (Phi) is 2.08. The predicted octanol–water partition coefficient (Wildman–Crippen LogP) is 3.21. The molecule has 3 rings (SSSR count).